The highest BCUT2D eigenvalue weighted by Gasteiger charge is 2.27. The fourth-order valence-electron chi connectivity index (χ4n) is 2.84. The van der Waals surface area contributed by atoms with Crippen molar-refractivity contribution in [3.8, 4) is 5.75 Å². The van der Waals surface area contributed by atoms with Gasteiger partial charge in [0.1, 0.15) is 17.3 Å². The van der Waals surface area contributed by atoms with E-state index in [9.17, 15) is 13.2 Å². The molecule has 1 aromatic heterocycles. The molecule has 8 nitrogen and oxygen atoms in total. The van der Waals surface area contributed by atoms with Gasteiger partial charge in [0.25, 0.3) is 5.91 Å². The van der Waals surface area contributed by atoms with Crippen LogP contribution in [0.4, 0.5) is 5.82 Å². The molecule has 1 aromatic carbocycles. The van der Waals surface area contributed by atoms with Crippen LogP contribution in [0, 0.1) is 0 Å². The van der Waals surface area contributed by atoms with Gasteiger partial charge in [-0.05, 0) is 30.5 Å². The predicted molar refractivity (Wildman–Crippen MR) is 102 cm³/mol. The summed E-state index contributed by atoms with van der Waals surface area (Å²) in [6.45, 7) is 0.479. The Labute approximate surface area is 158 Å². The molecule has 0 aliphatic carbocycles. The van der Waals surface area contributed by atoms with Gasteiger partial charge in [0, 0.05) is 12.6 Å². The van der Waals surface area contributed by atoms with Crippen LogP contribution < -0.4 is 15.4 Å². The van der Waals surface area contributed by atoms with Crippen LogP contribution in [0.3, 0.4) is 0 Å². The van der Waals surface area contributed by atoms with Gasteiger partial charge in [-0.15, -0.1) is 0 Å². The van der Waals surface area contributed by atoms with E-state index in [4.69, 9.17) is 4.74 Å². The van der Waals surface area contributed by atoms with Gasteiger partial charge in [-0.3, -0.25) is 4.79 Å². The van der Waals surface area contributed by atoms with Crippen LogP contribution in [0.25, 0.3) is 0 Å². The first-order chi connectivity index (χ1) is 12.9. The molecule has 1 aliphatic heterocycles. The van der Waals surface area contributed by atoms with E-state index in [1.165, 1.54) is 12.4 Å². The Balaban J connectivity index is 1.47. The van der Waals surface area contributed by atoms with Crippen LogP contribution >= 0.6 is 0 Å². The van der Waals surface area contributed by atoms with E-state index in [1.54, 1.807) is 7.11 Å². The van der Waals surface area contributed by atoms with Gasteiger partial charge in [0.15, 0.2) is 9.84 Å². The zero-order chi connectivity index (χ0) is 19.3. The third-order valence-corrected chi connectivity index (χ3v) is 6.10. The number of amides is 1. The molecular weight excluding hydrogens is 368 g/mol. The van der Waals surface area contributed by atoms with Crippen molar-refractivity contribution < 1.29 is 17.9 Å². The molecule has 2 N–H and O–H groups in total. The van der Waals surface area contributed by atoms with E-state index in [2.05, 4.69) is 20.6 Å². The van der Waals surface area contributed by atoms with Gasteiger partial charge in [0.2, 0.25) is 0 Å². The molecule has 0 saturated carbocycles. The van der Waals surface area contributed by atoms with E-state index >= 15 is 0 Å². The maximum Gasteiger partial charge on any atom is 0.271 e. The first-order valence-corrected chi connectivity index (χ1v) is 10.5. The second-order valence-electron chi connectivity index (χ2n) is 6.39. The second-order valence-corrected chi connectivity index (χ2v) is 8.61. The molecule has 2 heterocycles. The van der Waals surface area contributed by atoms with Crippen LogP contribution in [0.1, 0.15) is 22.5 Å². The summed E-state index contributed by atoms with van der Waals surface area (Å²) in [6.07, 6.45) is 4.08. The fraction of sp³-hybridized carbons (Fsp3) is 0.389. The van der Waals surface area contributed by atoms with Crippen molar-refractivity contribution in [3.63, 3.8) is 0 Å². The number of carbonyl (C=O) groups excluding carboxylic acids is 1. The number of methoxy groups -OCH3 is 1. The molecule has 1 atom stereocenters. The number of sulfone groups is 1. The van der Waals surface area contributed by atoms with Gasteiger partial charge in [-0.1, -0.05) is 12.1 Å². The lowest BCUT2D eigenvalue weighted by Gasteiger charge is -2.11. The number of ether oxygens (including phenoxy) is 1. The Morgan fingerprint density at radius 3 is 2.59 bits per heavy atom. The van der Waals surface area contributed by atoms with Crippen LogP contribution in [-0.4, -0.2) is 55.5 Å². The molecule has 2 aromatic rings. The average Bonchev–Trinajstić information content (AvgIpc) is 3.01. The van der Waals surface area contributed by atoms with E-state index in [0.717, 1.165) is 11.3 Å². The van der Waals surface area contributed by atoms with Crippen molar-refractivity contribution in [3.05, 3.63) is 47.9 Å². The molecule has 144 valence electrons. The number of carbonyl (C=O) groups is 1. The monoisotopic (exact) mass is 390 g/mol. The summed E-state index contributed by atoms with van der Waals surface area (Å²) in [5.74, 6) is 1.24. The highest BCUT2D eigenvalue weighted by atomic mass is 32.2. The number of hydrogen-bond donors (Lipinski definition) is 2. The van der Waals surface area contributed by atoms with Crippen molar-refractivity contribution in [2.24, 2.45) is 0 Å². The van der Waals surface area contributed by atoms with Crippen molar-refractivity contribution in [1.82, 2.24) is 15.3 Å². The summed E-state index contributed by atoms with van der Waals surface area (Å²) < 4.78 is 28.1. The van der Waals surface area contributed by atoms with E-state index in [0.29, 0.717) is 25.2 Å². The number of hydrogen-bond acceptors (Lipinski definition) is 7. The standard InChI is InChI=1S/C18H22N4O4S/c1-26-15-4-2-13(3-5-15)6-8-19-18(23)16-10-21-17(11-20-16)22-14-7-9-27(24,25)12-14/h2-5,10-11,14H,6-9,12H2,1H3,(H,19,23)(H,21,22). The fourth-order valence-corrected chi connectivity index (χ4v) is 4.51. The minimum Gasteiger partial charge on any atom is -0.497 e. The van der Waals surface area contributed by atoms with Crippen LogP contribution in [-0.2, 0) is 16.3 Å². The first kappa shape index (κ1) is 19.1. The Kier molecular flexibility index (Phi) is 5.90. The van der Waals surface area contributed by atoms with Gasteiger partial charge < -0.3 is 15.4 Å². The molecule has 1 aliphatic rings. The van der Waals surface area contributed by atoms with Crippen molar-refractivity contribution in [2.45, 2.75) is 18.9 Å². The maximum absolute atomic E-state index is 12.1. The molecule has 27 heavy (non-hydrogen) atoms. The molecule has 1 fully saturated rings. The maximum atomic E-state index is 12.1. The van der Waals surface area contributed by atoms with Crippen LogP contribution in [0.15, 0.2) is 36.7 Å². The lowest BCUT2D eigenvalue weighted by molar-refractivity contribution is 0.0949. The number of benzene rings is 1. The normalized spacial score (nSPS) is 18.0. The molecule has 9 heteroatoms. The second kappa shape index (κ2) is 8.34. The van der Waals surface area contributed by atoms with E-state index in [1.807, 2.05) is 24.3 Å². The topological polar surface area (TPSA) is 110 Å². The molecule has 1 unspecified atom stereocenters. The van der Waals surface area contributed by atoms with Gasteiger partial charge >= 0.3 is 0 Å². The van der Waals surface area contributed by atoms with Gasteiger partial charge in [0.05, 0.1) is 31.0 Å². The first-order valence-electron chi connectivity index (χ1n) is 8.65. The number of rotatable bonds is 7. The van der Waals surface area contributed by atoms with Gasteiger partial charge in [-0.2, -0.15) is 0 Å². The summed E-state index contributed by atoms with van der Waals surface area (Å²) >= 11 is 0. The van der Waals surface area contributed by atoms with Crippen LogP contribution in [0.5, 0.6) is 5.75 Å². The zero-order valence-electron chi connectivity index (χ0n) is 15.0. The summed E-state index contributed by atoms with van der Waals surface area (Å²) in [5, 5.41) is 5.85. The summed E-state index contributed by atoms with van der Waals surface area (Å²) in [7, 11) is -1.34. The summed E-state index contributed by atoms with van der Waals surface area (Å²) in [6, 6.07) is 7.50. The minimum atomic E-state index is -2.96. The molecule has 0 spiro atoms. The van der Waals surface area contributed by atoms with Crippen LogP contribution in [0.2, 0.25) is 0 Å². The minimum absolute atomic E-state index is 0.0995. The van der Waals surface area contributed by atoms with Gasteiger partial charge in [-0.25, -0.2) is 18.4 Å². The SMILES string of the molecule is COc1ccc(CCNC(=O)c2cnc(NC3CCS(=O)(=O)C3)cn2)cc1. The largest absolute Gasteiger partial charge is 0.497 e. The third kappa shape index (κ3) is 5.40. The van der Waals surface area contributed by atoms with E-state index < -0.39 is 9.84 Å². The quantitative estimate of drug-likeness (QED) is 0.727. The molecule has 3 rings (SSSR count). The molecule has 1 amide bonds. The Morgan fingerprint density at radius 2 is 2.00 bits per heavy atom. The number of anilines is 1. The van der Waals surface area contributed by atoms with E-state index in [-0.39, 0.29) is 29.1 Å². The summed E-state index contributed by atoms with van der Waals surface area (Å²) in [4.78, 5) is 20.4. The number of nitrogens with zero attached hydrogens (tertiary/aromatic N) is 2. The lowest BCUT2D eigenvalue weighted by Crippen LogP contribution is -2.27. The highest BCUT2D eigenvalue weighted by Crippen LogP contribution is 2.15. The highest BCUT2D eigenvalue weighted by molar-refractivity contribution is 7.91. The molecular formula is C18H22N4O4S. The lowest BCUT2D eigenvalue weighted by atomic mass is 10.1. The third-order valence-electron chi connectivity index (χ3n) is 4.33. The molecule has 1 saturated heterocycles. The Morgan fingerprint density at radius 1 is 1.22 bits per heavy atom. The smallest absolute Gasteiger partial charge is 0.271 e. The zero-order valence-corrected chi connectivity index (χ0v) is 15.8. The Bertz CT molecular complexity index is 883. The molecule has 0 bridgehead atoms. The number of nitrogens with one attached hydrogen (secondary N) is 2. The number of aromatic nitrogens is 2. The van der Waals surface area contributed by atoms with Crippen molar-refractivity contribution in [1.29, 1.82) is 0 Å². The summed E-state index contributed by atoms with van der Waals surface area (Å²) in [5.41, 5.74) is 1.31. The van der Waals surface area contributed by atoms with Crippen molar-refractivity contribution in [2.75, 3.05) is 30.5 Å². The molecule has 0 radical (unpaired) electrons. The Hall–Kier alpha value is -2.68. The van der Waals surface area contributed by atoms with Crippen molar-refractivity contribution >= 4 is 21.6 Å². The predicted octanol–water partition coefficient (Wildman–Crippen LogP) is 1.06. The average molecular weight is 390 g/mol.